The number of nitrogens with zero attached hydrogens (tertiary/aromatic N) is 2. The van der Waals surface area contributed by atoms with Crippen molar-refractivity contribution in [1.29, 1.82) is 0 Å². The van der Waals surface area contributed by atoms with Crippen molar-refractivity contribution in [3.05, 3.63) is 147 Å². The molecule has 3 heterocycles. The van der Waals surface area contributed by atoms with Gasteiger partial charge in [0.05, 0.1) is 48.2 Å². The number of halogens is 9. The van der Waals surface area contributed by atoms with Gasteiger partial charge < -0.3 is 24.8 Å². The van der Waals surface area contributed by atoms with Crippen LogP contribution < -0.4 is 29.6 Å². The van der Waals surface area contributed by atoms with Crippen LogP contribution in [0.2, 0.25) is 0 Å². The van der Waals surface area contributed by atoms with Crippen LogP contribution in [0.25, 0.3) is 12.2 Å². The van der Waals surface area contributed by atoms with Crippen LogP contribution in [-0.4, -0.2) is 70.4 Å². The van der Waals surface area contributed by atoms with Crippen LogP contribution in [0.1, 0.15) is 51.2 Å². The monoisotopic (exact) mass is 1080 g/mol. The smallest absolute Gasteiger partial charge is 0.433 e. The van der Waals surface area contributed by atoms with Crippen LogP contribution in [0.15, 0.2) is 84.9 Å². The lowest BCUT2D eigenvalue weighted by Gasteiger charge is -2.15. The van der Waals surface area contributed by atoms with Crippen molar-refractivity contribution in [3.63, 3.8) is 0 Å². The normalized spacial score (nSPS) is 13.8. The lowest BCUT2D eigenvalue weighted by molar-refractivity contribution is -0.142. The van der Waals surface area contributed by atoms with Crippen LogP contribution in [0, 0.1) is 42.1 Å². The Morgan fingerprint density at radius 1 is 0.703 bits per heavy atom. The van der Waals surface area contributed by atoms with E-state index in [9.17, 15) is 65.9 Å². The van der Waals surface area contributed by atoms with Crippen molar-refractivity contribution < 1.29 is 80.1 Å². The Kier molecular flexibility index (Phi) is 18.5. The number of rotatable bonds is 16. The first-order valence-corrected chi connectivity index (χ1v) is 24.7. The van der Waals surface area contributed by atoms with E-state index in [-0.39, 0.29) is 70.4 Å². The summed E-state index contributed by atoms with van der Waals surface area (Å²) in [6.07, 6.45) is 7.34. The van der Waals surface area contributed by atoms with Crippen LogP contribution in [0.5, 0.6) is 17.5 Å². The number of terminal acetylenes is 2. The summed E-state index contributed by atoms with van der Waals surface area (Å²) in [5.41, 5.74) is -2.71. The Bertz CT molecular complexity index is 3280. The van der Waals surface area contributed by atoms with Gasteiger partial charge in [0.1, 0.15) is 40.7 Å². The van der Waals surface area contributed by atoms with E-state index in [4.69, 9.17) is 27.1 Å². The second-order valence-corrected chi connectivity index (χ2v) is 19.0. The summed E-state index contributed by atoms with van der Waals surface area (Å²) in [5, 5.41) is 4.93. The highest BCUT2D eigenvalue weighted by Crippen LogP contribution is 2.34. The standard InChI is InChI=1S/C25H18F5N3O4S.C23H21F4N3O5S/c1-3-16-12-15(13-20(27)23(16)33-38(2,35)36)14-31-22(34)11-5-17-4-10-21(25(28,29)30)32-24(17)37-19-8-6-18(26)7-9-19;1-3-15-10-14(11-18(24)21(15)30-36(2,32)33)12-28-20(31)7-5-16-4-6-19(23(25,26)27)29-22(16)35-17-8-9-34-13-17/h1,4-13,33H,14H2,2H3,(H,31,34);1,4-7,10-11,17,30H,8-9,12-13H2,2H3,(H,28,31). The Morgan fingerprint density at radius 2 is 1.15 bits per heavy atom. The molecule has 1 unspecified atom stereocenters. The number of ether oxygens (including phenoxy) is 3. The number of alkyl halides is 6. The maximum Gasteiger partial charge on any atom is 0.433 e. The number of sulfonamides is 2. The van der Waals surface area contributed by atoms with Crippen molar-refractivity contribution in [2.75, 3.05) is 35.2 Å². The van der Waals surface area contributed by atoms with Gasteiger partial charge in [-0.05, 0) is 96.1 Å². The van der Waals surface area contributed by atoms with Crippen LogP contribution in [0.3, 0.4) is 0 Å². The van der Waals surface area contributed by atoms with Crippen molar-refractivity contribution >= 4 is 55.4 Å². The summed E-state index contributed by atoms with van der Waals surface area (Å²) in [6.45, 7) is 0.237. The second-order valence-electron chi connectivity index (χ2n) is 15.5. The molecular formula is C48H39F9N6O9S2. The third-order valence-corrected chi connectivity index (χ3v) is 10.7. The van der Waals surface area contributed by atoms with Gasteiger partial charge in [0, 0.05) is 42.8 Å². The minimum absolute atomic E-state index is 0.00865. The number of hydrogen-bond donors (Lipinski definition) is 4. The van der Waals surface area contributed by atoms with Gasteiger partial charge in [0.25, 0.3) is 0 Å². The van der Waals surface area contributed by atoms with Crippen molar-refractivity contribution in [3.8, 4) is 42.2 Å². The van der Waals surface area contributed by atoms with Gasteiger partial charge in [-0.3, -0.25) is 19.0 Å². The summed E-state index contributed by atoms with van der Waals surface area (Å²) >= 11 is 0. The van der Waals surface area contributed by atoms with Gasteiger partial charge in [0.15, 0.2) is 0 Å². The van der Waals surface area contributed by atoms with Crippen molar-refractivity contribution in [1.82, 2.24) is 20.6 Å². The SMILES string of the molecule is C#Cc1cc(CNC(=O)C=Cc2ccc(C(F)(F)F)nc2OC2CCOC2)cc(F)c1NS(C)(=O)=O.C#Cc1cc(CNC(=O)C=Cc2ccc(C(F)(F)F)nc2Oc2ccc(F)cc2)cc(F)c1NS(C)(=O)=O. The van der Waals surface area contributed by atoms with Crippen molar-refractivity contribution in [2.45, 2.75) is 38.0 Å². The highest BCUT2D eigenvalue weighted by Gasteiger charge is 2.35. The molecule has 1 aliphatic heterocycles. The van der Waals surface area contributed by atoms with E-state index in [1.165, 1.54) is 30.3 Å². The number of hydrogen-bond acceptors (Lipinski definition) is 11. The van der Waals surface area contributed by atoms with Gasteiger partial charge in [0.2, 0.25) is 43.6 Å². The van der Waals surface area contributed by atoms with E-state index in [1.54, 1.807) is 0 Å². The lowest BCUT2D eigenvalue weighted by Crippen LogP contribution is -2.21. The Hall–Kier alpha value is -8.07. The summed E-state index contributed by atoms with van der Waals surface area (Å²) in [6, 6.07) is 12.7. The molecule has 3 aromatic carbocycles. The van der Waals surface area contributed by atoms with E-state index in [2.05, 4.69) is 32.4 Å². The molecule has 0 bridgehead atoms. The molecule has 0 spiro atoms. The van der Waals surface area contributed by atoms with E-state index in [0.717, 1.165) is 73.2 Å². The quantitative estimate of drug-likeness (QED) is 0.0424. The molecule has 2 amide bonds. The maximum atomic E-state index is 14.4. The van der Waals surface area contributed by atoms with E-state index in [1.807, 2.05) is 9.44 Å². The molecule has 1 saturated heterocycles. The molecule has 0 aliphatic carbocycles. The topological polar surface area (TPSA) is 204 Å². The molecule has 2 aromatic heterocycles. The zero-order valence-electron chi connectivity index (χ0n) is 38.3. The summed E-state index contributed by atoms with van der Waals surface area (Å²) in [4.78, 5) is 31.6. The van der Waals surface area contributed by atoms with Gasteiger partial charge in [-0.1, -0.05) is 11.8 Å². The average Bonchev–Trinajstić information content (AvgIpc) is 3.83. The van der Waals surface area contributed by atoms with Crippen LogP contribution in [-0.2, 0) is 59.8 Å². The third kappa shape index (κ3) is 17.3. The number of nitrogens with one attached hydrogen (secondary N) is 4. The molecule has 390 valence electrons. The Morgan fingerprint density at radius 3 is 1.55 bits per heavy atom. The Balaban J connectivity index is 0.000000274. The van der Waals surface area contributed by atoms with Gasteiger partial charge >= 0.3 is 12.4 Å². The van der Waals surface area contributed by atoms with Crippen LogP contribution in [0.4, 0.5) is 50.9 Å². The first kappa shape index (κ1) is 56.8. The molecule has 1 atom stereocenters. The highest BCUT2D eigenvalue weighted by atomic mass is 32.2. The largest absolute Gasteiger partial charge is 0.471 e. The van der Waals surface area contributed by atoms with E-state index < -0.39 is 90.7 Å². The fourth-order valence-corrected chi connectivity index (χ4v) is 7.35. The minimum Gasteiger partial charge on any atom is -0.471 e. The predicted molar refractivity (Wildman–Crippen MR) is 252 cm³/mol. The number of carbonyl (C=O) groups excluding carboxylic acids is 2. The molecule has 15 nitrogen and oxygen atoms in total. The number of pyridine rings is 2. The Labute approximate surface area is 417 Å². The number of benzene rings is 3. The molecule has 74 heavy (non-hydrogen) atoms. The van der Waals surface area contributed by atoms with Gasteiger partial charge in [-0.15, -0.1) is 12.8 Å². The van der Waals surface area contributed by atoms with Crippen molar-refractivity contribution in [2.24, 2.45) is 0 Å². The molecule has 0 saturated carbocycles. The number of aromatic nitrogens is 2. The maximum absolute atomic E-state index is 14.4. The molecular weight excluding hydrogens is 1040 g/mol. The molecule has 0 radical (unpaired) electrons. The second kappa shape index (κ2) is 24.1. The number of anilines is 2. The summed E-state index contributed by atoms with van der Waals surface area (Å²) < 4.78 is 186. The molecule has 1 fully saturated rings. The number of carbonyl (C=O) groups is 2. The van der Waals surface area contributed by atoms with E-state index in [0.29, 0.717) is 19.1 Å². The number of amides is 2. The molecule has 26 heteroatoms. The molecule has 1 aliphatic rings. The summed E-state index contributed by atoms with van der Waals surface area (Å²) in [5.74, 6) is -0.238. The van der Waals surface area contributed by atoms with Gasteiger partial charge in [-0.25, -0.2) is 40.0 Å². The molecule has 5 aromatic rings. The fourth-order valence-electron chi connectivity index (χ4n) is 6.19. The molecule has 6 rings (SSSR count). The van der Waals surface area contributed by atoms with Gasteiger partial charge in [-0.2, -0.15) is 26.3 Å². The van der Waals surface area contributed by atoms with Crippen LogP contribution >= 0.6 is 0 Å². The lowest BCUT2D eigenvalue weighted by atomic mass is 10.1. The van der Waals surface area contributed by atoms with E-state index >= 15 is 0 Å². The fraction of sp³-hybridized carbons (Fsp3) is 0.208. The molecule has 4 N–H and O–H groups in total. The highest BCUT2D eigenvalue weighted by molar-refractivity contribution is 7.92. The first-order valence-electron chi connectivity index (χ1n) is 20.9. The third-order valence-electron chi connectivity index (χ3n) is 9.50. The summed E-state index contributed by atoms with van der Waals surface area (Å²) in [7, 11) is -7.58. The zero-order chi connectivity index (χ0) is 54.6. The minimum atomic E-state index is -4.76. The zero-order valence-corrected chi connectivity index (χ0v) is 39.9. The first-order chi connectivity index (χ1) is 34.6. The predicted octanol–water partition coefficient (Wildman–Crippen LogP) is 7.94. The average molecular weight is 1080 g/mol.